The summed E-state index contributed by atoms with van der Waals surface area (Å²) in [7, 11) is 0. The molecule has 4 rings (SSSR count). The van der Waals surface area contributed by atoms with Gasteiger partial charge in [0.1, 0.15) is 11.9 Å². The van der Waals surface area contributed by atoms with E-state index in [1.807, 2.05) is 30.3 Å². The fourth-order valence-corrected chi connectivity index (χ4v) is 3.59. The summed E-state index contributed by atoms with van der Waals surface area (Å²) in [6.07, 6.45) is -0.638. The Bertz CT molecular complexity index is 1050. The SMILES string of the molecule is NCCCNCc1ccc(N2C=C3C=C(c4ccc(OC(F)(F)F)cc4)NC3NC2=O)cc1. The highest BCUT2D eigenvalue weighted by molar-refractivity contribution is 5.96. The van der Waals surface area contributed by atoms with E-state index in [9.17, 15) is 18.0 Å². The maximum absolute atomic E-state index is 12.6. The number of ether oxygens (including phenoxy) is 1. The van der Waals surface area contributed by atoms with Crippen LogP contribution in [0.2, 0.25) is 0 Å². The molecule has 2 aliphatic heterocycles. The third kappa shape index (κ3) is 5.65. The molecule has 0 fully saturated rings. The van der Waals surface area contributed by atoms with Crippen LogP contribution in [-0.4, -0.2) is 31.6 Å². The van der Waals surface area contributed by atoms with E-state index in [4.69, 9.17) is 5.73 Å². The lowest BCUT2D eigenvalue weighted by Gasteiger charge is -2.29. The minimum atomic E-state index is -4.74. The predicted molar refractivity (Wildman–Crippen MR) is 119 cm³/mol. The summed E-state index contributed by atoms with van der Waals surface area (Å²) in [4.78, 5) is 14.2. The van der Waals surface area contributed by atoms with Gasteiger partial charge in [-0.05, 0) is 73.1 Å². The molecule has 2 aromatic carbocycles. The number of benzene rings is 2. The molecule has 0 saturated heterocycles. The number of anilines is 1. The van der Waals surface area contributed by atoms with E-state index < -0.39 is 12.5 Å². The van der Waals surface area contributed by atoms with E-state index in [-0.39, 0.29) is 11.8 Å². The maximum atomic E-state index is 12.6. The molecule has 0 spiro atoms. The van der Waals surface area contributed by atoms with Gasteiger partial charge in [0.05, 0.1) is 5.69 Å². The highest BCUT2D eigenvalue weighted by atomic mass is 19.4. The number of nitrogens with two attached hydrogens (primary N) is 1. The van der Waals surface area contributed by atoms with Gasteiger partial charge in [-0.25, -0.2) is 4.79 Å². The van der Waals surface area contributed by atoms with Crippen molar-refractivity contribution in [3.05, 3.63) is 77.5 Å². The normalized spacial score (nSPS) is 17.6. The smallest absolute Gasteiger partial charge is 0.406 e. The van der Waals surface area contributed by atoms with Crippen molar-refractivity contribution < 1.29 is 22.7 Å². The molecular weight excluding hydrogens is 435 g/mol. The zero-order valence-corrected chi connectivity index (χ0v) is 17.7. The van der Waals surface area contributed by atoms with Gasteiger partial charge >= 0.3 is 12.4 Å². The van der Waals surface area contributed by atoms with Gasteiger partial charge in [0.15, 0.2) is 0 Å². The quantitative estimate of drug-likeness (QED) is 0.454. The standard InChI is InChI=1S/C23H24F3N5O2/c24-23(25,26)33-19-8-4-16(5-9-19)20-12-17-14-31(22(32)30-21(17)29-20)18-6-2-15(3-7-18)13-28-11-1-10-27/h2-9,12,14,21,28-29H,1,10-11,13,27H2,(H,30,32). The van der Waals surface area contributed by atoms with Crippen LogP contribution in [-0.2, 0) is 6.54 Å². The Morgan fingerprint density at radius 2 is 1.79 bits per heavy atom. The Hall–Kier alpha value is -3.50. The van der Waals surface area contributed by atoms with Gasteiger partial charge in [-0.1, -0.05) is 12.1 Å². The molecule has 2 aromatic rings. The number of nitrogens with zero attached hydrogens (tertiary/aromatic N) is 1. The van der Waals surface area contributed by atoms with Crippen LogP contribution < -0.4 is 31.3 Å². The maximum Gasteiger partial charge on any atom is 0.573 e. The molecule has 0 aliphatic carbocycles. The summed E-state index contributed by atoms with van der Waals surface area (Å²) in [5.41, 5.74) is 9.49. The molecular formula is C23H24F3N5O2. The van der Waals surface area contributed by atoms with Crippen molar-refractivity contribution in [1.29, 1.82) is 0 Å². The number of carbonyl (C=O) groups is 1. The second-order valence-corrected chi connectivity index (χ2v) is 7.64. The molecule has 1 atom stereocenters. The minimum Gasteiger partial charge on any atom is -0.406 e. The van der Waals surface area contributed by atoms with Crippen LogP contribution in [0, 0.1) is 0 Å². The van der Waals surface area contributed by atoms with Gasteiger partial charge in [0.25, 0.3) is 0 Å². The number of fused-ring (bicyclic) bond motifs is 1. The van der Waals surface area contributed by atoms with Crippen LogP contribution in [0.1, 0.15) is 17.5 Å². The minimum absolute atomic E-state index is 0.284. The van der Waals surface area contributed by atoms with Crippen LogP contribution in [0.3, 0.4) is 0 Å². The topological polar surface area (TPSA) is 91.7 Å². The molecule has 0 aromatic heterocycles. The highest BCUT2D eigenvalue weighted by Crippen LogP contribution is 2.30. The van der Waals surface area contributed by atoms with Crippen LogP contribution in [0.25, 0.3) is 5.70 Å². The van der Waals surface area contributed by atoms with Gasteiger partial charge < -0.3 is 26.4 Å². The van der Waals surface area contributed by atoms with Crippen molar-refractivity contribution in [3.63, 3.8) is 0 Å². The number of rotatable bonds is 8. The van der Waals surface area contributed by atoms with Crippen LogP contribution in [0.15, 0.2) is 66.4 Å². The average molecular weight is 459 g/mol. The number of alkyl halides is 3. The van der Waals surface area contributed by atoms with E-state index >= 15 is 0 Å². The molecule has 1 unspecified atom stereocenters. The molecule has 2 amide bonds. The summed E-state index contributed by atoms with van der Waals surface area (Å²) in [6, 6.07) is 12.9. The second-order valence-electron chi connectivity index (χ2n) is 7.64. The first-order chi connectivity index (χ1) is 15.8. The van der Waals surface area contributed by atoms with Crippen molar-refractivity contribution in [2.75, 3.05) is 18.0 Å². The zero-order valence-electron chi connectivity index (χ0n) is 17.7. The van der Waals surface area contributed by atoms with Crippen molar-refractivity contribution in [2.45, 2.75) is 25.5 Å². The lowest BCUT2D eigenvalue weighted by atomic mass is 10.1. The van der Waals surface area contributed by atoms with Gasteiger partial charge in [-0.3, -0.25) is 4.90 Å². The fourth-order valence-electron chi connectivity index (χ4n) is 3.59. The number of hydrogen-bond donors (Lipinski definition) is 4. The first kappa shape index (κ1) is 22.7. The number of urea groups is 1. The molecule has 5 N–H and O–H groups in total. The Morgan fingerprint density at radius 1 is 1.06 bits per heavy atom. The molecule has 2 heterocycles. The molecule has 0 saturated carbocycles. The van der Waals surface area contributed by atoms with Gasteiger partial charge in [-0.2, -0.15) is 0 Å². The number of amides is 2. The first-order valence-electron chi connectivity index (χ1n) is 10.5. The lowest BCUT2D eigenvalue weighted by molar-refractivity contribution is -0.274. The van der Waals surface area contributed by atoms with Crippen molar-refractivity contribution in [3.8, 4) is 5.75 Å². The number of halogens is 3. The third-order valence-corrected chi connectivity index (χ3v) is 5.21. The number of nitrogens with one attached hydrogen (secondary N) is 3. The van der Waals surface area contributed by atoms with Crippen molar-refractivity contribution in [2.24, 2.45) is 5.73 Å². The number of carbonyl (C=O) groups excluding carboxylic acids is 1. The molecule has 174 valence electrons. The third-order valence-electron chi connectivity index (χ3n) is 5.21. The van der Waals surface area contributed by atoms with E-state index in [2.05, 4.69) is 20.7 Å². The summed E-state index contributed by atoms with van der Waals surface area (Å²) in [5, 5.41) is 9.38. The van der Waals surface area contributed by atoms with Gasteiger partial charge in [-0.15, -0.1) is 13.2 Å². The molecule has 0 bridgehead atoms. The van der Waals surface area contributed by atoms with E-state index in [0.717, 1.165) is 36.3 Å². The monoisotopic (exact) mass is 459 g/mol. The molecule has 33 heavy (non-hydrogen) atoms. The number of hydrogen-bond acceptors (Lipinski definition) is 5. The van der Waals surface area contributed by atoms with Crippen LogP contribution >= 0.6 is 0 Å². The molecule has 10 heteroatoms. The van der Waals surface area contributed by atoms with E-state index in [1.54, 1.807) is 6.20 Å². The molecule has 7 nitrogen and oxygen atoms in total. The fraction of sp³-hybridized carbons (Fsp3) is 0.261. The van der Waals surface area contributed by atoms with Gasteiger partial charge in [0.2, 0.25) is 0 Å². The van der Waals surface area contributed by atoms with Crippen molar-refractivity contribution >= 4 is 17.4 Å². The lowest BCUT2D eigenvalue weighted by Crippen LogP contribution is -2.51. The Kier molecular flexibility index (Phi) is 6.57. The summed E-state index contributed by atoms with van der Waals surface area (Å²) < 4.78 is 41.0. The largest absolute Gasteiger partial charge is 0.573 e. The zero-order chi connectivity index (χ0) is 23.4. The van der Waals surface area contributed by atoms with Crippen LogP contribution in [0.5, 0.6) is 5.75 Å². The Balaban J connectivity index is 1.45. The average Bonchev–Trinajstić information content (AvgIpc) is 3.19. The van der Waals surface area contributed by atoms with E-state index in [0.29, 0.717) is 17.8 Å². The summed E-state index contributed by atoms with van der Waals surface area (Å²) >= 11 is 0. The molecule has 0 radical (unpaired) electrons. The Morgan fingerprint density at radius 3 is 2.45 bits per heavy atom. The highest BCUT2D eigenvalue weighted by Gasteiger charge is 2.32. The van der Waals surface area contributed by atoms with E-state index in [1.165, 1.54) is 29.2 Å². The summed E-state index contributed by atoms with van der Waals surface area (Å²) in [6.45, 7) is 2.22. The van der Waals surface area contributed by atoms with Crippen LogP contribution in [0.4, 0.5) is 23.7 Å². The Labute approximate surface area is 189 Å². The summed E-state index contributed by atoms with van der Waals surface area (Å²) in [5.74, 6) is -0.293. The van der Waals surface area contributed by atoms with Crippen molar-refractivity contribution in [1.82, 2.24) is 16.0 Å². The second kappa shape index (κ2) is 9.55. The molecule has 2 aliphatic rings. The first-order valence-corrected chi connectivity index (χ1v) is 10.5. The predicted octanol–water partition coefficient (Wildman–Crippen LogP) is 3.41. The van der Waals surface area contributed by atoms with Gasteiger partial charge in [0, 0.05) is 24.0 Å².